The van der Waals surface area contributed by atoms with E-state index in [1.165, 1.54) is 16.7 Å². The Hall–Kier alpha value is -1.92. The summed E-state index contributed by atoms with van der Waals surface area (Å²) >= 11 is 0. The van der Waals surface area contributed by atoms with Crippen molar-refractivity contribution < 1.29 is 14.6 Å². The van der Waals surface area contributed by atoms with E-state index in [-0.39, 0.29) is 0 Å². The number of rotatable bonds is 11. The largest absolute Gasteiger partial charge is 0.491 e. The summed E-state index contributed by atoms with van der Waals surface area (Å²) in [6.45, 7) is 9.78. The molecule has 1 atom stereocenters. The Morgan fingerprint density at radius 1 is 1.07 bits per heavy atom. The first-order valence-electron chi connectivity index (χ1n) is 11.0. The molecule has 5 heteroatoms. The molecular formula is C25H36N2O3. The van der Waals surface area contributed by atoms with Gasteiger partial charge in [-0.3, -0.25) is 9.80 Å². The third-order valence-electron chi connectivity index (χ3n) is 5.74. The third kappa shape index (κ3) is 6.81. The highest BCUT2D eigenvalue weighted by molar-refractivity contribution is 5.29. The molecule has 3 rings (SSSR count). The van der Waals surface area contributed by atoms with Gasteiger partial charge >= 0.3 is 0 Å². The molecule has 0 saturated heterocycles. The van der Waals surface area contributed by atoms with Crippen molar-refractivity contribution >= 4 is 0 Å². The van der Waals surface area contributed by atoms with E-state index in [4.69, 9.17) is 9.47 Å². The van der Waals surface area contributed by atoms with Crippen molar-refractivity contribution in [3.63, 3.8) is 0 Å². The normalized spacial score (nSPS) is 15.4. The van der Waals surface area contributed by atoms with Crippen LogP contribution in [-0.2, 0) is 24.2 Å². The molecule has 0 spiro atoms. The monoisotopic (exact) mass is 412 g/mol. The molecule has 164 valence electrons. The highest BCUT2D eigenvalue weighted by atomic mass is 16.5. The van der Waals surface area contributed by atoms with Crippen molar-refractivity contribution in [3.05, 3.63) is 65.2 Å². The predicted octanol–water partition coefficient (Wildman–Crippen LogP) is 3.34. The van der Waals surface area contributed by atoms with Crippen LogP contribution in [0.5, 0.6) is 5.75 Å². The number of hydrogen-bond donors (Lipinski definition) is 1. The average molecular weight is 413 g/mol. The summed E-state index contributed by atoms with van der Waals surface area (Å²) in [7, 11) is 1.74. The highest BCUT2D eigenvalue weighted by Crippen LogP contribution is 2.19. The molecule has 0 bridgehead atoms. The summed E-state index contributed by atoms with van der Waals surface area (Å²) in [6.07, 6.45) is 0.545. The fourth-order valence-electron chi connectivity index (χ4n) is 3.91. The van der Waals surface area contributed by atoms with Crippen molar-refractivity contribution in [1.29, 1.82) is 0 Å². The van der Waals surface area contributed by atoms with Crippen LogP contribution in [0, 0.1) is 0 Å². The molecule has 0 radical (unpaired) electrons. The molecule has 2 aromatic carbocycles. The van der Waals surface area contributed by atoms with Gasteiger partial charge in [-0.15, -0.1) is 0 Å². The summed E-state index contributed by atoms with van der Waals surface area (Å²) in [6, 6.07) is 17.2. The van der Waals surface area contributed by atoms with Gasteiger partial charge in [0, 0.05) is 45.9 Å². The van der Waals surface area contributed by atoms with Gasteiger partial charge < -0.3 is 14.6 Å². The van der Waals surface area contributed by atoms with Crippen LogP contribution in [0.1, 0.15) is 30.5 Å². The second-order valence-corrected chi connectivity index (χ2v) is 8.42. The van der Waals surface area contributed by atoms with Gasteiger partial charge in [0.2, 0.25) is 0 Å². The van der Waals surface area contributed by atoms with E-state index in [0.717, 1.165) is 45.0 Å². The Balaban J connectivity index is 1.43. The van der Waals surface area contributed by atoms with E-state index in [9.17, 15) is 5.11 Å². The van der Waals surface area contributed by atoms with Crippen LogP contribution in [0.3, 0.4) is 0 Å². The second-order valence-electron chi connectivity index (χ2n) is 8.42. The smallest absolute Gasteiger partial charge is 0.119 e. The summed E-state index contributed by atoms with van der Waals surface area (Å²) in [5.41, 5.74) is 4.05. The van der Waals surface area contributed by atoms with Crippen LogP contribution in [0.2, 0.25) is 0 Å². The maximum Gasteiger partial charge on any atom is 0.119 e. The molecule has 1 aliphatic heterocycles. The lowest BCUT2D eigenvalue weighted by Gasteiger charge is -2.30. The zero-order chi connectivity index (χ0) is 21.3. The fourth-order valence-corrected chi connectivity index (χ4v) is 3.91. The van der Waals surface area contributed by atoms with Crippen molar-refractivity contribution in [3.8, 4) is 5.75 Å². The Morgan fingerprint density at radius 2 is 1.80 bits per heavy atom. The Labute approximate surface area is 181 Å². The third-order valence-corrected chi connectivity index (χ3v) is 5.74. The van der Waals surface area contributed by atoms with Crippen LogP contribution >= 0.6 is 0 Å². The number of methoxy groups -OCH3 is 1. The highest BCUT2D eigenvalue weighted by Gasteiger charge is 2.18. The van der Waals surface area contributed by atoms with Gasteiger partial charge in [0.05, 0.1) is 6.61 Å². The predicted molar refractivity (Wildman–Crippen MR) is 121 cm³/mol. The molecule has 1 unspecified atom stereocenters. The molecule has 0 aliphatic carbocycles. The second kappa shape index (κ2) is 11.5. The number of fused-ring (bicyclic) bond motifs is 1. The summed E-state index contributed by atoms with van der Waals surface area (Å²) in [5, 5.41) is 10.4. The minimum atomic E-state index is -0.500. The van der Waals surface area contributed by atoms with Gasteiger partial charge in [0.25, 0.3) is 0 Å². The van der Waals surface area contributed by atoms with Crippen LogP contribution in [-0.4, -0.2) is 67.0 Å². The number of hydrogen-bond acceptors (Lipinski definition) is 5. The van der Waals surface area contributed by atoms with Crippen molar-refractivity contribution in [2.75, 3.05) is 40.0 Å². The Bertz CT molecular complexity index is 763. The number of aliphatic hydroxyl groups excluding tert-OH is 1. The fraction of sp³-hybridized carbons (Fsp3) is 0.520. The van der Waals surface area contributed by atoms with Gasteiger partial charge in [0.1, 0.15) is 18.5 Å². The molecule has 1 N–H and O–H groups in total. The number of aliphatic hydroxyl groups is 1. The lowest BCUT2D eigenvalue weighted by molar-refractivity contribution is 0.0637. The first kappa shape index (κ1) is 22.8. The van der Waals surface area contributed by atoms with E-state index in [0.29, 0.717) is 19.2 Å². The topological polar surface area (TPSA) is 45.2 Å². The minimum absolute atomic E-state index is 0.309. The Morgan fingerprint density at radius 3 is 2.50 bits per heavy atom. The van der Waals surface area contributed by atoms with Gasteiger partial charge in [-0.2, -0.15) is 0 Å². The number of ether oxygens (including phenoxy) is 2. The molecule has 0 fully saturated rings. The van der Waals surface area contributed by atoms with Crippen LogP contribution in [0.15, 0.2) is 48.5 Å². The lowest BCUT2D eigenvalue weighted by atomic mass is 10.00. The zero-order valence-electron chi connectivity index (χ0n) is 18.6. The van der Waals surface area contributed by atoms with Crippen LogP contribution in [0.25, 0.3) is 0 Å². The summed E-state index contributed by atoms with van der Waals surface area (Å²) < 4.78 is 11.1. The van der Waals surface area contributed by atoms with E-state index >= 15 is 0 Å². The van der Waals surface area contributed by atoms with Crippen LogP contribution < -0.4 is 4.74 Å². The number of benzene rings is 2. The standard InChI is InChI=1S/C25H36N2O3/c1-20(2)27(14-15-29-3)16-21-8-10-25(11-9-21)30-19-24(28)18-26-13-12-22-6-4-5-7-23(22)17-26/h4-11,20,24,28H,12-19H2,1-3H3. The van der Waals surface area contributed by atoms with Gasteiger partial charge in [-0.05, 0) is 49.1 Å². The summed E-state index contributed by atoms with van der Waals surface area (Å²) in [4.78, 5) is 4.69. The van der Waals surface area contributed by atoms with E-state index < -0.39 is 6.10 Å². The number of nitrogens with zero attached hydrogens (tertiary/aromatic N) is 2. The lowest BCUT2D eigenvalue weighted by Crippen LogP contribution is -2.38. The molecule has 2 aromatic rings. The first-order chi connectivity index (χ1) is 14.5. The molecule has 1 heterocycles. The first-order valence-corrected chi connectivity index (χ1v) is 11.0. The molecule has 0 saturated carbocycles. The molecule has 0 aromatic heterocycles. The van der Waals surface area contributed by atoms with Gasteiger partial charge in [-0.25, -0.2) is 0 Å². The molecule has 30 heavy (non-hydrogen) atoms. The molecule has 1 aliphatic rings. The zero-order valence-corrected chi connectivity index (χ0v) is 18.6. The van der Waals surface area contributed by atoms with Crippen molar-refractivity contribution in [2.45, 2.75) is 45.5 Å². The SMILES string of the molecule is COCCN(Cc1ccc(OCC(O)CN2CCc3ccccc3C2)cc1)C(C)C. The van der Waals surface area contributed by atoms with Crippen LogP contribution in [0.4, 0.5) is 0 Å². The quantitative estimate of drug-likeness (QED) is 0.613. The molecular weight excluding hydrogens is 376 g/mol. The molecule has 5 nitrogen and oxygen atoms in total. The maximum absolute atomic E-state index is 10.4. The van der Waals surface area contributed by atoms with Crippen molar-refractivity contribution in [1.82, 2.24) is 9.80 Å². The van der Waals surface area contributed by atoms with E-state index in [1.54, 1.807) is 7.11 Å². The van der Waals surface area contributed by atoms with Gasteiger partial charge in [0.15, 0.2) is 0 Å². The van der Waals surface area contributed by atoms with E-state index in [2.05, 4.69) is 60.0 Å². The van der Waals surface area contributed by atoms with Crippen molar-refractivity contribution in [2.24, 2.45) is 0 Å². The molecule has 0 amide bonds. The summed E-state index contributed by atoms with van der Waals surface area (Å²) in [5.74, 6) is 0.801. The maximum atomic E-state index is 10.4. The number of β-amino-alcohol motifs (C(OH)–C–C–N with tert-alkyl or cyclic N) is 1. The minimum Gasteiger partial charge on any atom is -0.491 e. The average Bonchev–Trinajstić information content (AvgIpc) is 2.75. The Kier molecular flexibility index (Phi) is 8.70. The van der Waals surface area contributed by atoms with Gasteiger partial charge in [-0.1, -0.05) is 36.4 Å². The van der Waals surface area contributed by atoms with E-state index in [1.807, 2.05) is 12.1 Å².